The van der Waals surface area contributed by atoms with Crippen LogP contribution < -0.4 is 5.32 Å². The van der Waals surface area contributed by atoms with Crippen molar-refractivity contribution in [3.63, 3.8) is 0 Å². The highest BCUT2D eigenvalue weighted by Gasteiger charge is 2.16. The summed E-state index contributed by atoms with van der Waals surface area (Å²) in [5.74, 6) is 0.0479. The third kappa shape index (κ3) is 4.35. The molecule has 0 aromatic heterocycles. The maximum Gasteiger partial charge on any atom is 0.251 e. The second-order valence-corrected chi connectivity index (χ2v) is 4.72. The maximum absolute atomic E-state index is 11.9. The number of morpholine rings is 1. The van der Waals surface area contributed by atoms with Crippen LogP contribution in [-0.4, -0.2) is 49.6 Å². The smallest absolute Gasteiger partial charge is 0.251 e. The summed E-state index contributed by atoms with van der Waals surface area (Å²) >= 11 is 0. The van der Waals surface area contributed by atoms with Crippen LogP contribution in [0.15, 0.2) is 30.3 Å². The lowest BCUT2D eigenvalue weighted by Crippen LogP contribution is -2.40. The number of carbonyl (C=O) groups excluding carboxylic acids is 2. The minimum atomic E-state index is -0.0931. The number of amides is 2. The molecule has 5 heteroatoms. The fourth-order valence-electron chi connectivity index (χ4n) is 2.10. The summed E-state index contributed by atoms with van der Waals surface area (Å²) in [7, 11) is 0. The van der Waals surface area contributed by atoms with Gasteiger partial charge in [-0.05, 0) is 18.6 Å². The van der Waals surface area contributed by atoms with E-state index in [0.29, 0.717) is 51.3 Å². The van der Waals surface area contributed by atoms with Crippen molar-refractivity contribution in [2.75, 3.05) is 32.8 Å². The van der Waals surface area contributed by atoms with Crippen LogP contribution in [0.1, 0.15) is 23.2 Å². The van der Waals surface area contributed by atoms with Gasteiger partial charge >= 0.3 is 0 Å². The van der Waals surface area contributed by atoms with Gasteiger partial charge in [-0.1, -0.05) is 18.2 Å². The van der Waals surface area contributed by atoms with Gasteiger partial charge in [-0.25, -0.2) is 0 Å². The molecule has 5 nitrogen and oxygen atoms in total. The van der Waals surface area contributed by atoms with Crippen molar-refractivity contribution in [1.29, 1.82) is 0 Å². The number of hydrogen-bond donors (Lipinski definition) is 1. The molecule has 1 heterocycles. The van der Waals surface area contributed by atoms with Crippen molar-refractivity contribution in [3.05, 3.63) is 35.9 Å². The molecular weight excluding hydrogens is 256 g/mol. The highest BCUT2D eigenvalue weighted by atomic mass is 16.5. The van der Waals surface area contributed by atoms with Gasteiger partial charge in [0.2, 0.25) is 5.91 Å². The van der Waals surface area contributed by atoms with Crippen molar-refractivity contribution in [2.24, 2.45) is 0 Å². The molecule has 0 aliphatic carbocycles. The Kier molecular flexibility index (Phi) is 5.55. The molecule has 1 N–H and O–H groups in total. The Balaban J connectivity index is 1.64. The summed E-state index contributed by atoms with van der Waals surface area (Å²) < 4.78 is 5.21. The number of ether oxygens (including phenoxy) is 1. The van der Waals surface area contributed by atoms with E-state index in [9.17, 15) is 9.59 Å². The molecule has 1 aliphatic heterocycles. The molecule has 0 radical (unpaired) electrons. The highest BCUT2D eigenvalue weighted by Crippen LogP contribution is 2.02. The average molecular weight is 276 g/mol. The van der Waals surface area contributed by atoms with E-state index in [1.165, 1.54) is 0 Å². The van der Waals surface area contributed by atoms with Crippen LogP contribution in [0.25, 0.3) is 0 Å². The molecule has 0 saturated carbocycles. The molecule has 1 aromatic rings. The minimum absolute atomic E-state index is 0.0931. The molecule has 1 fully saturated rings. The van der Waals surface area contributed by atoms with Crippen LogP contribution >= 0.6 is 0 Å². The predicted molar refractivity (Wildman–Crippen MR) is 75.4 cm³/mol. The van der Waals surface area contributed by atoms with Gasteiger partial charge in [-0.3, -0.25) is 9.59 Å². The lowest BCUT2D eigenvalue weighted by molar-refractivity contribution is -0.135. The summed E-state index contributed by atoms with van der Waals surface area (Å²) in [6, 6.07) is 9.08. The van der Waals surface area contributed by atoms with Crippen molar-refractivity contribution in [3.8, 4) is 0 Å². The Morgan fingerprint density at radius 3 is 2.55 bits per heavy atom. The Morgan fingerprint density at radius 2 is 1.85 bits per heavy atom. The molecule has 2 amide bonds. The van der Waals surface area contributed by atoms with Gasteiger partial charge in [0.1, 0.15) is 0 Å². The average Bonchev–Trinajstić information content (AvgIpc) is 2.53. The quantitative estimate of drug-likeness (QED) is 0.818. The standard InChI is InChI=1S/C15H20N2O3/c18-14(17-9-11-20-12-10-17)7-4-8-16-15(19)13-5-2-1-3-6-13/h1-3,5-6H,4,7-12H2,(H,16,19). The van der Waals surface area contributed by atoms with Crippen LogP contribution in [0.3, 0.4) is 0 Å². The fraction of sp³-hybridized carbons (Fsp3) is 0.467. The van der Waals surface area contributed by atoms with E-state index in [2.05, 4.69) is 5.32 Å². The first kappa shape index (κ1) is 14.5. The molecule has 1 aliphatic rings. The molecule has 1 aromatic carbocycles. The highest BCUT2D eigenvalue weighted by molar-refractivity contribution is 5.94. The van der Waals surface area contributed by atoms with Gasteiger partial charge in [0, 0.05) is 31.6 Å². The Morgan fingerprint density at radius 1 is 1.15 bits per heavy atom. The molecule has 20 heavy (non-hydrogen) atoms. The third-order valence-corrected chi connectivity index (χ3v) is 3.25. The monoisotopic (exact) mass is 276 g/mol. The summed E-state index contributed by atoms with van der Waals surface area (Å²) in [5, 5.41) is 2.82. The van der Waals surface area contributed by atoms with Gasteiger partial charge in [0.05, 0.1) is 13.2 Å². The number of benzene rings is 1. The van der Waals surface area contributed by atoms with Crippen LogP contribution in [-0.2, 0) is 9.53 Å². The Labute approximate surface area is 118 Å². The fourth-order valence-corrected chi connectivity index (χ4v) is 2.10. The van der Waals surface area contributed by atoms with Gasteiger partial charge in [-0.2, -0.15) is 0 Å². The SMILES string of the molecule is O=C(NCCCC(=O)N1CCOCC1)c1ccccc1. The normalized spacial score (nSPS) is 14.9. The van der Waals surface area contributed by atoms with Crippen molar-refractivity contribution in [1.82, 2.24) is 10.2 Å². The zero-order chi connectivity index (χ0) is 14.2. The van der Waals surface area contributed by atoms with Crippen LogP contribution in [0, 0.1) is 0 Å². The number of nitrogens with zero attached hydrogens (tertiary/aromatic N) is 1. The number of nitrogens with one attached hydrogen (secondary N) is 1. The minimum Gasteiger partial charge on any atom is -0.378 e. The third-order valence-electron chi connectivity index (χ3n) is 3.25. The first-order valence-corrected chi connectivity index (χ1v) is 6.96. The molecule has 2 rings (SSSR count). The van der Waals surface area contributed by atoms with Gasteiger partial charge in [-0.15, -0.1) is 0 Å². The zero-order valence-corrected chi connectivity index (χ0v) is 11.5. The molecular formula is C15H20N2O3. The summed E-state index contributed by atoms with van der Waals surface area (Å²) in [4.78, 5) is 25.5. The molecule has 0 bridgehead atoms. The van der Waals surface area contributed by atoms with E-state index in [0.717, 1.165) is 0 Å². The van der Waals surface area contributed by atoms with E-state index in [4.69, 9.17) is 4.74 Å². The van der Waals surface area contributed by atoms with E-state index >= 15 is 0 Å². The van der Waals surface area contributed by atoms with Crippen molar-refractivity contribution < 1.29 is 14.3 Å². The number of rotatable bonds is 5. The first-order valence-electron chi connectivity index (χ1n) is 6.96. The Hall–Kier alpha value is -1.88. The molecule has 0 unspecified atom stereocenters. The zero-order valence-electron chi connectivity index (χ0n) is 11.5. The Bertz CT molecular complexity index is 442. The van der Waals surface area contributed by atoms with Crippen LogP contribution in [0.4, 0.5) is 0 Å². The van der Waals surface area contributed by atoms with E-state index in [1.807, 2.05) is 23.1 Å². The molecule has 1 saturated heterocycles. The largest absolute Gasteiger partial charge is 0.378 e. The summed E-state index contributed by atoms with van der Waals surface area (Å²) in [5.41, 5.74) is 0.645. The van der Waals surface area contributed by atoms with E-state index < -0.39 is 0 Å². The van der Waals surface area contributed by atoms with Crippen LogP contribution in [0.5, 0.6) is 0 Å². The maximum atomic E-state index is 11.9. The second kappa shape index (κ2) is 7.65. The summed E-state index contributed by atoms with van der Waals surface area (Å²) in [6.45, 7) is 3.11. The van der Waals surface area contributed by atoms with E-state index in [1.54, 1.807) is 12.1 Å². The van der Waals surface area contributed by atoms with Crippen LogP contribution in [0.2, 0.25) is 0 Å². The first-order chi connectivity index (χ1) is 9.77. The van der Waals surface area contributed by atoms with E-state index in [-0.39, 0.29) is 11.8 Å². The van der Waals surface area contributed by atoms with Crippen molar-refractivity contribution in [2.45, 2.75) is 12.8 Å². The lowest BCUT2D eigenvalue weighted by Gasteiger charge is -2.26. The number of carbonyl (C=O) groups is 2. The van der Waals surface area contributed by atoms with Gasteiger partial charge < -0.3 is 15.0 Å². The van der Waals surface area contributed by atoms with Gasteiger partial charge in [0.25, 0.3) is 5.91 Å². The summed E-state index contributed by atoms with van der Waals surface area (Å²) in [6.07, 6.45) is 1.13. The topological polar surface area (TPSA) is 58.6 Å². The lowest BCUT2D eigenvalue weighted by atomic mass is 10.2. The molecule has 108 valence electrons. The molecule has 0 spiro atoms. The van der Waals surface area contributed by atoms with Crippen molar-refractivity contribution >= 4 is 11.8 Å². The molecule has 0 atom stereocenters. The predicted octanol–water partition coefficient (Wildman–Crippen LogP) is 1.06. The number of hydrogen-bond acceptors (Lipinski definition) is 3. The van der Waals surface area contributed by atoms with Gasteiger partial charge in [0.15, 0.2) is 0 Å². The second-order valence-electron chi connectivity index (χ2n) is 4.72.